The zero-order valence-corrected chi connectivity index (χ0v) is 13.6. The summed E-state index contributed by atoms with van der Waals surface area (Å²) in [7, 11) is 1.51. The third kappa shape index (κ3) is 3.03. The summed E-state index contributed by atoms with van der Waals surface area (Å²) in [5.74, 6) is -0.144. The van der Waals surface area contributed by atoms with Gasteiger partial charge in [-0.25, -0.2) is 14.6 Å². The molecule has 0 saturated heterocycles. The minimum absolute atomic E-state index is 0.00858. The van der Waals surface area contributed by atoms with Crippen LogP contribution in [0.4, 0.5) is 0 Å². The molecule has 0 aliphatic rings. The second kappa shape index (κ2) is 6.64. The van der Waals surface area contributed by atoms with Crippen molar-refractivity contribution in [1.82, 2.24) is 4.98 Å². The molecule has 0 amide bonds. The van der Waals surface area contributed by atoms with E-state index in [0.717, 1.165) is 0 Å². The average Bonchev–Trinajstić information content (AvgIpc) is 2.61. The molecule has 1 N–H and O–H groups in total. The van der Waals surface area contributed by atoms with Gasteiger partial charge in [0.15, 0.2) is 11.5 Å². The van der Waals surface area contributed by atoms with Crippen LogP contribution < -0.4 is 15.1 Å². The number of hydrogen-bond donors (Lipinski definition) is 1. The standard InChI is InChI=1S/C18H15NO6/c1-3-24-15-11(5-4-6-14(15)23-2)16-19-13-8-7-10(17(20)21)9-12(13)18(22)25-16/h4-9H,3H2,1-2H3,(H,20,21). The third-order valence-electron chi connectivity index (χ3n) is 3.59. The van der Waals surface area contributed by atoms with Crippen LogP contribution in [0.25, 0.3) is 22.4 Å². The molecule has 25 heavy (non-hydrogen) atoms. The van der Waals surface area contributed by atoms with E-state index in [1.165, 1.54) is 25.3 Å². The Labute approximate surface area is 142 Å². The molecule has 2 aromatic carbocycles. The molecule has 0 aliphatic heterocycles. The molecular formula is C18H15NO6. The number of para-hydroxylation sites is 1. The molecule has 7 nitrogen and oxygen atoms in total. The number of carboxylic acid groups (broad SMARTS) is 1. The highest BCUT2D eigenvalue weighted by Gasteiger charge is 2.17. The summed E-state index contributed by atoms with van der Waals surface area (Å²) in [5.41, 5.74) is 0.128. The van der Waals surface area contributed by atoms with Crippen molar-refractivity contribution in [1.29, 1.82) is 0 Å². The predicted molar refractivity (Wildman–Crippen MR) is 90.4 cm³/mol. The van der Waals surface area contributed by atoms with E-state index >= 15 is 0 Å². The Morgan fingerprint density at radius 1 is 1.28 bits per heavy atom. The molecule has 0 unspecified atom stereocenters. The van der Waals surface area contributed by atoms with Crippen molar-refractivity contribution < 1.29 is 23.8 Å². The Bertz CT molecular complexity index is 1010. The van der Waals surface area contributed by atoms with E-state index in [9.17, 15) is 9.59 Å². The van der Waals surface area contributed by atoms with Crippen molar-refractivity contribution in [3.05, 3.63) is 52.4 Å². The van der Waals surface area contributed by atoms with Crippen LogP contribution in [-0.2, 0) is 0 Å². The largest absolute Gasteiger partial charge is 0.493 e. The number of rotatable bonds is 5. The molecule has 0 aliphatic carbocycles. The van der Waals surface area contributed by atoms with Crippen LogP contribution in [-0.4, -0.2) is 29.8 Å². The highest BCUT2D eigenvalue weighted by Crippen LogP contribution is 2.37. The van der Waals surface area contributed by atoms with E-state index in [0.29, 0.717) is 29.2 Å². The lowest BCUT2D eigenvalue weighted by molar-refractivity contribution is 0.0697. The lowest BCUT2D eigenvalue weighted by Gasteiger charge is -2.13. The van der Waals surface area contributed by atoms with Gasteiger partial charge in [-0.15, -0.1) is 0 Å². The summed E-state index contributed by atoms with van der Waals surface area (Å²) in [6, 6.07) is 9.27. The van der Waals surface area contributed by atoms with Crippen molar-refractivity contribution >= 4 is 16.9 Å². The maximum Gasteiger partial charge on any atom is 0.347 e. The van der Waals surface area contributed by atoms with Crippen LogP contribution in [0.2, 0.25) is 0 Å². The predicted octanol–water partition coefficient (Wildman–Crippen LogP) is 2.96. The minimum Gasteiger partial charge on any atom is -0.493 e. The van der Waals surface area contributed by atoms with Crippen LogP contribution in [0.1, 0.15) is 17.3 Å². The summed E-state index contributed by atoms with van der Waals surface area (Å²) < 4.78 is 16.2. The zero-order chi connectivity index (χ0) is 18.0. The van der Waals surface area contributed by atoms with E-state index < -0.39 is 11.6 Å². The van der Waals surface area contributed by atoms with Gasteiger partial charge >= 0.3 is 11.6 Å². The van der Waals surface area contributed by atoms with Crippen LogP contribution in [0.5, 0.6) is 11.5 Å². The summed E-state index contributed by atoms with van der Waals surface area (Å²) in [5, 5.41) is 9.14. The molecule has 3 rings (SSSR count). The minimum atomic E-state index is -1.13. The Balaban J connectivity index is 2.22. The quantitative estimate of drug-likeness (QED) is 0.761. The summed E-state index contributed by atoms with van der Waals surface area (Å²) >= 11 is 0. The average molecular weight is 341 g/mol. The van der Waals surface area contributed by atoms with Gasteiger partial charge in [0.2, 0.25) is 5.89 Å². The number of benzene rings is 2. The van der Waals surface area contributed by atoms with Crippen LogP contribution >= 0.6 is 0 Å². The first kappa shape index (κ1) is 16.5. The highest BCUT2D eigenvalue weighted by atomic mass is 16.5. The van der Waals surface area contributed by atoms with E-state index in [-0.39, 0.29) is 16.8 Å². The van der Waals surface area contributed by atoms with E-state index in [2.05, 4.69) is 4.98 Å². The number of hydrogen-bond acceptors (Lipinski definition) is 6. The number of nitrogens with zero attached hydrogens (tertiary/aromatic N) is 1. The molecule has 0 bridgehead atoms. The number of aromatic nitrogens is 1. The van der Waals surface area contributed by atoms with E-state index in [4.69, 9.17) is 19.0 Å². The van der Waals surface area contributed by atoms with Gasteiger partial charge in [-0.05, 0) is 37.3 Å². The van der Waals surface area contributed by atoms with Gasteiger partial charge in [0, 0.05) is 0 Å². The van der Waals surface area contributed by atoms with Crippen LogP contribution in [0.15, 0.2) is 45.6 Å². The molecular weight excluding hydrogens is 326 g/mol. The van der Waals surface area contributed by atoms with Gasteiger partial charge < -0.3 is 19.0 Å². The third-order valence-corrected chi connectivity index (χ3v) is 3.59. The monoisotopic (exact) mass is 341 g/mol. The van der Waals surface area contributed by atoms with Gasteiger partial charge in [-0.2, -0.15) is 0 Å². The van der Waals surface area contributed by atoms with Crippen LogP contribution in [0, 0.1) is 0 Å². The fourth-order valence-corrected chi connectivity index (χ4v) is 2.46. The number of methoxy groups -OCH3 is 1. The molecule has 0 atom stereocenters. The highest BCUT2D eigenvalue weighted by molar-refractivity contribution is 5.93. The molecule has 0 fully saturated rings. The zero-order valence-electron chi connectivity index (χ0n) is 13.6. The topological polar surface area (TPSA) is 98.9 Å². The van der Waals surface area contributed by atoms with Crippen LogP contribution in [0.3, 0.4) is 0 Å². The molecule has 128 valence electrons. The maximum absolute atomic E-state index is 12.3. The van der Waals surface area contributed by atoms with Gasteiger partial charge in [0.05, 0.1) is 35.7 Å². The number of ether oxygens (including phenoxy) is 2. The van der Waals surface area contributed by atoms with Gasteiger partial charge in [-0.1, -0.05) is 6.07 Å². The van der Waals surface area contributed by atoms with Gasteiger partial charge in [0.25, 0.3) is 0 Å². The lowest BCUT2D eigenvalue weighted by Crippen LogP contribution is -2.06. The second-order valence-electron chi connectivity index (χ2n) is 5.11. The van der Waals surface area contributed by atoms with Crippen molar-refractivity contribution in [2.45, 2.75) is 6.92 Å². The van der Waals surface area contributed by atoms with Gasteiger partial charge in [0.1, 0.15) is 0 Å². The summed E-state index contributed by atoms with van der Waals surface area (Å²) in [6.45, 7) is 2.22. The normalized spacial score (nSPS) is 10.6. The first-order chi connectivity index (χ1) is 12.0. The van der Waals surface area contributed by atoms with Gasteiger partial charge in [-0.3, -0.25) is 0 Å². The summed E-state index contributed by atoms with van der Waals surface area (Å²) in [6.07, 6.45) is 0. The number of aromatic carboxylic acids is 1. The second-order valence-corrected chi connectivity index (χ2v) is 5.11. The smallest absolute Gasteiger partial charge is 0.347 e. The first-order valence-corrected chi connectivity index (χ1v) is 7.53. The van der Waals surface area contributed by atoms with Crippen molar-refractivity contribution in [3.8, 4) is 23.0 Å². The Morgan fingerprint density at radius 2 is 2.08 bits per heavy atom. The molecule has 0 saturated carbocycles. The lowest BCUT2D eigenvalue weighted by atomic mass is 10.1. The molecule has 1 aromatic heterocycles. The van der Waals surface area contributed by atoms with Crippen molar-refractivity contribution in [2.75, 3.05) is 13.7 Å². The Kier molecular flexibility index (Phi) is 4.38. The Hall–Kier alpha value is -3.35. The fraction of sp³-hybridized carbons (Fsp3) is 0.167. The maximum atomic E-state index is 12.3. The fourth-order valence-electron chi connectivity index (χ4n) is 2.46. The number of carbonyl (C=O) groups is 1. The number of fused-ring (bicyclic) bond motifs is 1. The SMILES string of the molecule is CCOc1c(OC)cccc1-c1nc2ccc(C(=O)O)cc2c(=O)o1. The van der Waals surface area contributed by atoms with Crippen molar-refractivity contribution in [2.24, 2.45) is 0 Å². The molecule has 0 radical (unpaired) electrons. The number of carboxylic acids is 1. The van der Waals surface area contributed by atoms with E-state index in [1.54, 1.807) is 18.2 Å². The molecule has 3 aromatic rings. The summed E-state index contributed by atoms with van der Waals surface area (Å²) in [4.78, 5) is 27.7. The Morgan fingerprint density at radius 3 is 2.76 bits per heavy atom. The first-order valence-electron chi connectivity index (χ1n) is 7.53. The van der Waals surface area contributed by atoms with Crippen molar-refractivity contribution in [3.63, 3.8) is 0 Å². The molecule has 0 spiro atoms. The molecule has 1 heterocycles. The van der Waals surface area contributed by atoms with E-state index in [1.807, 2.05) is 6.92 Å². The molecule has 7 heteroatoms.